The Morgan fingerprint density at radius 2 is 0.689 bits per heavy atom. The summed E-state index contributed by atoms with van der Waals surface area (Å²) in [6.45, 7) is 0. The molecule has 6 heteroatoms. The second-order valence-electron chi connectivity index (χ2n) is 11.6. The summed E-state index contributed by atoms with van der Waals surface area (Å²) in [6, 6.07) is 51.7. The molecule has 0 fully saturated rings. The number of hydrogen-bond acceptors (Lipinski definition) is 3. The number of para-hydroxylation sites is 4. The van der Waals surface area contributed by atoms with E-state index in [1.54, 1.807) is 0 Å². The van der Waals surface area contributed by atoms with Gasteiger partial charge in [0.15, 0.2) is 8.80 Å². The Hall–Kier alpha value is -5.85. The van der Waals surface area contributed by atoms with Gasteiger partial charge in [0.25, 0.3) is 0 Å². The molecule has 0 amide bonds. The Morgan fingerprint density at radius 3 is 1.09 bits per heavy atom. The van der Waals surface area contributed by atoms with Crippen LogP contribution in [0.25, 0.3) is 66.6 Å². The SMILES string of the molecule is c1ccc2c(c1)-c1ccccc1[SiH]2c1nc(-n2c3ccccc3c3ccccc32)nc(-n2c3ccccc3c3ccccc32)n1. The van der Waals surface area contributed by atoms with Gasteiger partial charge in [-0.15, -0.1) is 0 Å². The summed E-state index contributed by atoms with van der Waals surface area (Å²) < 4.78 is 4.43. The van der Waals surface area contributed by atoms with E-state index in [0.717, 1.165) is 27.5 Å². The molecule has 0 radical (unpaired) electrons. The maximum atomic E-state index is 5.42. The summed E-state index contributed by atoms with van der Waals surface area (Å²) in [4.78, 5) is 16.2. The lowest BCUT2D eigenvalue weighted by molar-refractivity contribution is 0.905. The summed E-state index contributed by atoms with van der Waals surface area (Å²) in [5, 5.41) is 7.44. The number of hydrogen-bond donors (Lipinski definition) is 0. The average molecular weight is 592 g/mol. The number of rotatable bonds is 3. The highest BCUT2D eigenvalue weighted by Crippen LogP contribution is 2.33. The van der Waals surface area contributed by atoms with Crippen LogP contribution in [0.3, 0.4) is 0 Å². The molecule has 4 heterocycles. The van der Waals surface area contributed by atoms with Crippen LogP contribution in [0.4, 0.5) is 0 Å². The zero-order valence-corrected chi connectivity index (χ0v) is 25.3. The second-order valence-corrected chi connectivity index (χ2v) is 14.3. The van der Waals surface area contributed by atoms with E-state index in [1.807, 2.05) is 0 Å². The predicted molar refractivity (Wildman–Crippen MR) is 186 cm³/mol. The molecule has 0 saturated heterocycles. The zero-order valence-electron chi connectivity index (χ0n) is 24.2. The largest absolute Gasteiger partial charge is 0.278 e. The normalized spacial score (nSPS) is 12.8. The lowest BCUT2D eigenvalue weighted by Crippen LogP contribution is -2.52. The van der Waals surface area contributed by atoms with Crippen molar-refractivity contribution < 1.29 is 0 Å². The minimum atomic E-state index is -2.04. The van der Waals surface area contributed by atoms with Crippen molar-refractivity contribution in [3.05, 3.63) is 146 Å². The van der Waals surface area contributed by atoms with E-state index < -0.39 is 8.80 Å². The maximum absolute atomic E-state index is 5.42. The third kappa shape index (κ3) is 3.45. The van der Waals surface area contributed by atoms with Crippen molar-refractivity contribution in [2.75, 3.05) is 0 Å². The van der Waals surface area contributed by atoms with E-state index in [4.69, 9.17) is 15.0 Å². The molecule has 210 valence electrons. The topological polar surface area (TPSA) is 48.5 Å². The Balaban J connectivity index is 1.34. The molecular weight excluding hydrogens is 567 g/mol. The van der Waals surface area contributed by atoms with E-state index in [-0.39, 0.29) is 0 Å². The van der Waals surface area contributed by atoms with Crippen LogP contribution in [0, 0.1) is 0 Å². The van der Waals surface area contributed by atoms with Crippen LogP contribution in [0.2, 0.25) is 0 Å². The predicted octanol–water partition coefficient (Wildman–Crippen LogP) is 6.29. The Morgan fingerprint density at radius 1 is 0.356 bits per heavy atom. The maximum Gasteiger partial charge on any atom is 0.239 e. The van der Waals surface area contributed by atoms with Gasteiger partial charge >= 0.3 is 0 Å². The number of fused-ring (bicyclic) bond motifs is 9. The number of benzene rings is 6. The summed E-state index contributed by atoms with van der Waals surface area (Å²) >= 11 is 0. The van der Waals surface area contributed by atoms with Crippen molar-refractivity contribution in [1.29, 1.82) is 0 Å². The highest BCUT2D eigenvalue weighted by atomic mass is 28.3. The molecule has 10 rings (SSSR count). The summed E-state index contributed by atoms with van der Waals surface area (Å²) in [6.07, 6.45) is 0. The molecule has 3 aromatic heterocycles. The van der Waals surface area contributed by atoms with E-state index >= 15 is 0 Å². The van der Waals surface area contributed by atoms with Gasteiger partial charge in [0, 0.05) is 21.5 Å². The molecule has 0 atom stereocenters. The van der Waals surface area contributed by atoms with Crippen LogP contribution >= 0.6 is 0 Å². The monoisotopic (exact) mass is 591 g/mol. The molecule has 6 aromatic carbocycles. The van der Waals surface area contributed by atoms with Gasteiger partial charge in [0.05, 0.1) is 22.1 Å². The minimum Gasteiger partial charge on any atom is -0.278 e. The molecule has 45 heavy (non-hydrogen) atoms. The van der Waals surface area contributed by atoms with Gasteiger partial charge in [-0.3, -0.25) is 9.13 Å². The van der Waals surface area contributed by atoms with Crippen molar-refractivity contribution in [3.8, 4) is 23.0 Å². The number of nitrogens with zero attached hydrogens (tertiary/aromatic N) is 5. The molecular formula is C39H25N5Si. The van der Waals surface area contributed by atoms with E-state index in [0.29, 0.717) is 11.9 Å². The van der Waals surface area contributed by atoms with Crippen LogP contribution in [0.5, 0.6) is 0 Å². The molecule has 0 bridgehead atoms. The lowest BCUT2D eigenvalue weighted by atomic mass is 10.1. The van der Waals surface area contributed by atoms with Crippen molar-refractivity contribution in [1.82, 2.24) is 24.1 Å². The number of aromatic nitrogens is 5. The van der Waals surface area contributed by atoms with E-state index in [2.05, 4.69) is 155 Å². The van der Waals surface area contributed by atoms with Gasteiger partial charge in [-0.2, -0.15) is 4.98 Å². The fraction of sp³-hybridized carbons (Fsp3) is 0. The third-order valence-corrected chi connectivity index (χ3v) is 12.3. The van der Waals surface area contributed by atoms with Crippen LogP contribution in [-0.4, -0.2) is 32.9 Å². The molecule has 5 nitrogen and oxygen atoms in total. The van der Waals surface area contributed by atoms with Gasteiger partial charge in [-0.1, -0.05) is 121 Å². The molecule has 0 saturated carbocycles. The van der Waals surface area contributed by atoms with E-state index in [9.17, 15) is 0 Å². The fourth-order valence-corrected chi connectivity index (χ4v) is 10.5. The Labute approximate surface area is 260 Å². The van der Waals surface area contributed by atoms with Crippen molar-refractivity contribution in [3.63, 3.8) is 0 Å². The van der Waals surface area contributed by atoms with Crippen LogP contribution in [0.15, 0.2) is 146 Å². The zero-order chi connectivity index (χ0) is 29.5. The van der Waals surface area contributed by atoms with Gasteiger partial charge in [-0.25, -0.2) is 9.97 Å². The first kappa shape index (κ1) is 24.6. The Bertz CT molecular complexity index is 2350. The van der Waals surface area contributed by atoms with E-state index in [1.165, 1.54) is 43.0 Å². The second kappa shape index (κ2) is 9.32. The van der Waals surface area contributed by atoms with Gasteiger partial charge in [0.1, 0.15) is 5.45 Å². The first-order valence-electron chi connectivity index (χ1n) is 15.3. The van der Waals surface area contributed by atoms with Crippen LogP contribution in [-0.2, 0) is 0 Å². The molecule has 0 unspecified atom stereocenters. The highest BCUT2D eigenvalue weighted by molar-refractivity contribution is 6.98. The van der Waals surface area contributed by atoms with Crippen molar-refractivity contribution in [2.24, 2.45) is 0 Å². The minimum absolute atomic E-state index is 0.642. The summed E-state index contributed by atoms with van der Waals surface area (Å²) in [5.41, 5.74) is 7.78. The quantitative estimate of drug-likeness (QED) is 0.227. The van der Waals surface area contributed by atoms with Crippen molar-refractivity contribution >= 4 is 68.2 Å². The summed E-state index contributed by atoms with van der Waals surface area (Å²) in [7, 11) is -2.04. The van der Waals surface area contributed by atoms with Crippen LogP contribution < -0.4 is 15.8 Å². The fourth-order valence-electron chi connectivity index (χ4n) is 7.41. The average Bonchev–Trinajstić information content (AvgIpc) is 3.74. The van der Waals surface area contributed by atoms with Gasteiger partial charge < -0.3 is 0 Å². The first-order valence-corrected chi connectivity index (χ1v) is 17.0. The molecule has 1 aliphatic rings. The molecule has 1 aliphatic heterocycles. The Kier molecular flexibility index (Phi) is 5.09. The van der Waals surface area contributed by atoms with Crippen molar-refractivity contribution in [2.45, 2.75) is 0 Å². The summed E-state index contributed by atoms with van der Waals surface area (Å²) in [5.74, 6) is 1.28. The van der Waals surface area contributed by atoms with Gasteiger partial charge in [-0.05, 0) is 45.8 Å². The highest BCUT2D eigenvalue weighted by Gasteiger charge is 2.34. The van der Waals surface area contributed by atoms with Gasteiger partial charge in [0.2, 0.25) is 11.9 Å². The first-order chi connectivity index (χ1) is 22.3. The molecule has 0 spiro atoms. The molecule has 0 N–H and O–H groups in total. The molecule has 9 aromatic rings. The smallest absolute Gasteiger partial charge is 0.239 e. The standard InChI is InChI=1S/C39H25N5Si/c1-7-19-31-25(13-1)26-14-2-8-20-32(26)43(31)37-40-38(44-33-21-9-3-15-27(33)28-16-4-10-22-34(28)44)42-39(41-37)45-35-23-11-5-17-29(35)30-18-6-12-24-36(30)45/h1-24,45H. The molecule has 0 aliphatic carbocycles. The van der Waals surface area contributed by atoms with Crippen LogP contribution in [0.1, 0.15) is 0 Å². The third-order valence-electron chi connectivity index (χ3n) is 9.28. The lowest BCUT2D eigenvalue weighted by Gasteiger charge is -2.16.